The van der Waals surface area contributed by atoms with Crippen molar-refractivity contribution in [2.24, 2.45) is 17.6 Å². The minimum atomic E-state index is -1.11. The number of carboxylic acid groups (broad SMARTS) is 1. The summed E-state index contributed by atoms with van der Waals surface area (Å²) in [6.07, 6.45) is 2.93. The van der Waals surface area contributed by atoms with Gasteiger partial charge in [0.15, 0.2) is 0 Å². The van der Waals surface area contributed by atoms with E-state index >= 15 is 0 Å². The molecule has 0 aliphatic heterocycles. The largest absolute Gasteiger partial charge is 0.480 e. The Kier molecular flexibility index (Phi) is 13.2. The third-order valence-corrected chi connectivity index (χ3v) is 3.94. The van der Waals surface area contributed by atoms with E-state index in [1.54, 1.807) is 0 Å². The summed E-state index contributed by atoms with van der Waals surface area (Å²) < 4.78 is 0. The molecule has 7 N–H and O–H groups in total. The molecule has 3 amide bonds. The molecule has 158 valence electrons. The number of nitrogens with one attached hydrogen (secondary N) is 4. The van der Waals surface area contributed by atoms with Gasteiger partial charge in [0.1, 0.15) is 12.1 Å². The second-order valence-electron chi connectivity index (χ2n) is 7.57. The van der Waals surface area contributed by atoms with Crippen LogP contribution in [0, 0.1) is 11.8 Å². The van der Waals surface area contributed by atoms with Crippen molar-refractivity contribution in [3.63, 3.8) is 0 Å². The highest BCUT2D eigenvalue weighted by atomic mass is 16.4. The van der Waals surface area contributed by atoms with E-state index in [4.69, 9.17) is 5.73 Å². The predicted octanol–water partition coefficient (Wildman–Crippen LogP) is 0.949. The van der Waals surface area contributed by atoms with Crippen molar-refractivity contribution in [3.8, 4) is 0 Å². The molecule has 0 aromatic carbocycles. The second kappa shape index (κ2) is 14.2. The fourth-order valence-electron chi connectivity index (χ4n) is 2.41. The van der Waals surface area contributed by atoms with Crippen LogP contribution in [0.1, 0.15) is 59.8 Å². The minimum Gasteiger partial charge on any atom is -0.480 e. The Balaban J connectivity index is 4.64. The third kappa shape index (κ3) is 13.0. The van der Waals surface area contributed by atoms with Crippen LogP contribution in [0.15, 0.2) is 0 Å². The van der Waals surface area contributed by atoms with Crippen LogP contribution >= 0.6 is 0 Å². The number of carbonyl (C=O) groups excluding carboxylic acids is 2. The summed E-state index contributed by atoms with van der Waals surface area (Å²) in [6.45, 7) is 9.16. The van der Waals surface area contributed by atoms with E-state index in [0.717, 1.165) is 6.42 Å². The van der Waals surface area contributed by atoms with Crippen molar-refractivity contribution < 1.29 is 19.5 Å². The summed E-state index contributed by atoms with van der Waals surface area (Å²) in [5.74, 6) is -0.770. The molecule has 0 aromatic rings. The maximum atomic E-state index is 12.3. The summed E-state index contributed by atoms with van der Waals surface area (Å²) in [6, 6.07) is -2.43. The van der Waals surface area contributed by atoms with Gasteiger partial charge in [-0.3, -0.25) is 10.2 Å². The van der Waals surface area contributed by atoms with E-state index in [2.05, 4.69) is 35.3 Å². The molecule has 0 heterocycles. The van der Waals surface area contributed by atoms with Crippen LogP contribution in [0.25, 0.3) is 0 Å². The van der Waals surface area contributed by atoms with Gasteiger partial charge in [-0.15, -0.1) is 0 Å². The first kappa shape index (κ1) is 25.1. The van der Waals surface area contributed by atoms with Gasteiger partial charge in [-0.05, 0) is 50.5 Å². The molecule has 0 spiro atoms. The first-order chi connectivity index (χ1) is 12.7. The van der Waals surface area contributed by atoms with Gasteiger partial charge in [0.2, 0.25) is 0 Å². The Morgan fingerprint density at radius 2 is 1.56 bits per heavy atom. The molecule has 9 nitrogen and oxygen atoms in total. The van der Waals surface area contributed by atoms with E-state index in [1.807, 2.05) is 13.8 Å². The Labute approximate surface area is 162 Å². The predicted molar refractivity (Wildman–Crippen MR) is 105 cm³/mol. The van der Waals surface area contributed by atoms with Gasteiger partial charge in [-0.25, -0.2) is 15.0 Å². The normalized spacial score (nSPS) is 13.3. The standard InChI is InChI=1S/C18H37N5O4/c1-12(2)8-10-20-23-16(24)15(11-13(3)4)22-18(27)21-14(17(25)26)7-5-6-9-19/h12-15,20H,5-11,19H2,1-4H3,(H,23,24)(H,25,26)(H2,21,22,27)/t14-,15+/m0/s1. The van der Waals surface area contributed by atoms with Crippen LogP contribution in [-0.4, -0.2) is 48.2 Å². The molecule has 0 fully saturated rings. The van der Waals surface area contributed by atoms with Gasteiger partial charge in [-0.1, -0.05) is 27.7 Å². The van der Waals surface area contributed by atoms with Crippen LogP contribution < -0.4 is 27.2 Å². The lowest BCUT2D eigenvalue weighted by Gasteiger charge is -2.22. The van der Waals surface area contributed by atoms with Gasteiger partial charge in [0, 0.05) is 6.54 Å². The van der Waals surface area contributed by atoms with Gasteiger partial charge in [0.25, 0.3) is 5.91 Å². The average molecular weight is 388 g/mol. The number of urea groups is 1. The molecule has 0 unspecified atom stereocenters. The Morgan fingerprint density at radius 3 is 2.07 bits per heavy atom. The highest BCUT2D eigenvalue weighted by Crippen LogP contribution is 2.06. The van der Waals surface area contributed by atoms with Crippen molar-refractivity contribution in [2.45, 2.75) is 71.9 Å². The second-order valence-corrected chi connectivity index (χ2v) is 7.57. The zero-order valence-corrected chi connectivity index (χ0v) is 17.0. The number of hydrogen-bond donors (Lipinski definition) is 6. The highest BCUT2D eigenvalue weighted by molar-refractivity contribution is 5.88. The third-order valence-electron chi connectivity index (χ3n) is 3.94. The average Bonchev–Trinajstić information content (AvgIpc) is 2.56. The molecule has 0 aromatic heterocycles. The number of carbonyl (C=O) groups is 3. The van der Waals surface area contributed by atoms with Crippen molar-refractivity contribution in [3.05, 3.63) is 0 Å². The van der Waals surface area contributed by atoms with Crippen molar-refractivity contribution in [1.29, 1.82) is 0 Å². The molecule has 27 heavy (non-hydrogen) atoms. The molecule has 0 radical (unpaired) electrons. The Bertz CT molecular complexity index is 457. The summed E-state index contributed by atoms with van der Waals surface area (Å²) in [5.41, 5.74) is 10.9. The quantitative estimate of drug-likeness (QED) is 0.193. The van der Waals surface area contributed by atoms with E-state index in [1.165, 1.54) is 0 Å². The molecule has 0 bridgehead atoms. The van der Waals surface area contributed by atoms with Crippen LogP contribution in [-0.2, 0) is 9.59 Å². The molecule has 0 aliphatic rings. The molecule has 2 atom stereocenters. The van der Waals surface area contributed by atoms with Gasteiger partial charge in [-0.2, -0.15) is 0 Å². The van der Waals surface area contributed by atoms with Crippen molar-refractivity contribution in [2.75, 3.05) is 13.1 Å². The number of aliphatic carboxylic acids is 1. The lowest BCUT2D eigenvalue weighted by atomic mass is 10.0. The van der Waals surface area contributed by atoms with Crippen molar-refractivity contribution >= 4 is 17.9 Å². The smallest absolute Gasteiger partial charge is 0.326 e. The Morgan fingerprint density at radius 1 is 0.926 bits per heavy atom. The van der Waals surface area contributed by atoms with Gasteiger partial charge < -0.3 is 21.5 Å². The minimum absolute atomic E-state index is 0.177. The monoisotopic (exact) mass is 387 g/mol. The van der Waals surface area contributed by atoms with Crippen molar-refractivity contribution in [1.82, 2.24) is 21.5 Å². The maximum Gasteiger partial charge on any atom is 0.326 e. The first-order valence-corrected chi connectivity index (χ1v) is 9.69. The zero-order chi connectivity index (χ0) is 20.8. The van der Waals surface area contributed by atoms with Crippen LogP contribution in [0.5, 0.6) is 0 Å². The van der Waals surface area contributed by atoms with Crippen LogP contribution in [0.4, 0.5) is 4.79 Å². The van der Waals surface area contributed by atoms with Gasteiger partial charge >= 0.3 is 12.0 Å². The van der Waals surface area contributed by atoms with Gasteiger partial charge in [0.05, 0.1) is 0 Å². The fourth-order valence-corrected chi connectivity index (χ4v) is 2.41. The summed E-state index contributed by atoms with van der Waals surface area (Å²) in [5, 5.41) is 14.2. The van der Waals surface area contributed by atoms with E-state index in [9.17, 15) is 19.5 Å². The first-order valence-electron chi connectivity index (χ1n) is 9.69. The number of carboxylic acids is 1. The fraction of sp³-hybridized carbons (Fsp3) is 0.833. The molecule has 9 heteroatoms. The zero-order valence-electron chi connectivity index (χ0n) is 17.0. The number of amides is 3. The Hall–Kier alpha value is -1.87. The number of rotatable bonds is 14. The van der Waals surface area contributed by atoms with E-state index in [-0.39, 0.29) is 18.2 Å². The van der Waals surface area contributed by atoms with E-state index in [0.29, 0.717) is 38.3 Å². The lowest BCUT2D eigenvalue weighted by molar-refractivity contribution is -0.139. The molecule has 0 rings (SSSR count). The molecular weight excluding hydrogens is 350 g/mol. The summed E-state index contributed by atoms with van der Waals surface area (Å²) in [4.78, 5) is 35.8. The van der Waals surface area contributed by atoms with Crippen LogP contribution in [0.2, 0.25) is 0 Å². The number of unbranched alkanes of at least 4 members (excludes halogenated alkanes) is 1. The lowest BCUT2D eigenvalue weighted by Crippen LogP contribution is -2.55. The molecule has 0 saturated heterocycles. The number of hydrazine groups is 1. The molecule has 0 aliphatic carbocycles. The van der Waals surface area contributed by atoms with Crippen LogP contribution in [0.3, 0.4) is 0 Å². The summed E-state index contributed by atoms with van der Waals surface area (Å²) in [7, 11) is 0. The molecular formula is C18H37N5O4. The number of hydrogen-bond acceptors (Lipinski definition) is 5. The topological polar surface area (TPSA) is 146 Å². The summed E-state index contributed by atoms with van der Waals surface area (Å²) >= 11 is 0. The molecule has 0 saturated carbocycles. The van der Waals surface area contributed by atoms with E-state index < -0.39 is 24.1 Å². The highest BCUT2D eigenvalue weighted by Gasteiger charge is 2.25. The maximum absolute atomic E-state index is 12.3. The SMILES string of the molecule is CC(C)CCNNC(=O)[C@@H](CC(C)C)NC(=O)N[C@@H](CCCCN)C(=O)O. The number of nitrogens with two attached hydrogens (primary N) is 1.